The summed E-state index contributed by atoms with van der Waals surface area (Å²) >= 11 is 1.76. The first-order chi connectivity index (χ1) is 6.52. The van der Waals surface area contributed by atoms with Crippen LogP contribution in [0.3, 0.4) is 0 Å². The standard InChI is InChI=1S/C11H15NOS/c1-6-5-9-11(14-6)10(8(3)13)7(2)12(9)4/h5,8,13H,1-4H3. The molecule has 0 radical (unpaired) electrons. The van der Waals surface area contributed by atoms with Gasteiger partial charge in [0.1, 0.15) is 0 Å². The van der Waals surface area contributed by atoms with E-state index in [-0.39, 0.29) is 6.10 Å². The number of hydrogen-bond acceptors (Lipinski definition) is 2. The first kappa shape index (κ1) is 9.74. The third kappa shape index (κ3) is 1.20. The second kappa shape index (κ2) is 3.11. The van der Waals surface area contributed by atoms with Crippen molar-refractivity contribution in [3.63, 3.8) is 0 Å². The second-order valence-corrected chi connectivity index (χ2v) is 5.06. The molecule has 0 aromatic carbocycles. The summed E-state index contributed by atoms with van der Waals surface area (Å²) in [6, 6.07) is 2.18. The summed E-state index contributed by atoms with van der Waals surface area (Å²) < 4.78 is 3.39. The highest BCUT2D eigenvalue weighted by Crippen LogP contribution is 2.35. The quantitative estimate of drug-likeness (QED) is 0.767. The minimum absolute atomic E-state index is 0.378. The number of aryl methyl sites for hydroxylation is 2. The molecule has 0 aliphatic carbocycles. The number of rotatable bonds is 1. The summed E-state index contributed by atoms with van der Waals surface area (Å²) in [5.41, 5.74) is 3.49. The summed E-state index contributed by atoms with van der Waals surface area (Å²) in [7, 11) is 2.05. The first-order valence-electron chi connectivity index (χ1n) is 4.75. The van der Waals surface area contributed by atoms with Gasteiger partial charge in [0.25, 0.3) is 0 Å². The predicted octanol–water partition coefficient (Wildman–Crippen LogP) is 2.91. The Balaban J connectivity index is 2.85. The molecule has 0 bridgehead atoms. The lowest BCUT2D eigenvalue weighted by molar-refractivity contribution is 0.200. The molecule has 1 N–H and O–H groups in total. The van der Waals surface area contributed by atoms with Crippen LogP contribution in [0.15, 0.2) is 6.07 Å². The van der Waals surface area contributed by atoms with E-state index >= 15 is 0 Å². The van der Waals surface area contributed by atoms with Crippen molar-refractivity contribution in [3.05, 3.63) is 22.2 Å². The summed E-state index contributed by atoms with van der Waals surface area (Å²) in [6.45, 7) is 5.99. The number of aromatic nitrogens is 1. The van der Waals surface area contributed by atoms with E-state index in [1.165, 1.54) is 20.8 Å². The van der Waals surface area contributed by atoms with Gasteiger partial charge in [-0.2, -0.15) is 0 Å². The van der Waals surface area contributed by atoms with Crippen LogP contribution in [-0.2, 0) is 7.05 Å². The van der Waals surface area contributed by atoms with Crippen LogP contribution in [-0.4, -0.2) is 9.67 Å². The average Bonchev–Trinajstić information content (AvgIpc) is 2.53. The van der Waals surface area contributed by atoms with Gasteiger partial charge in [0.15, 0.2) is 0 Å². The number of aliphatic hydroxyl groups is 1. The third-order valence-corrected chi connectivity index (χ3v) is 3.83. The van der Waals surface area contributed by atoms with Crippen molar-refractivity contribution in [2.75, 3.05) is 0 Å². The van der Waals surface area contributed by atoms with Crippen molar-refractivity contribution in [3.8, 4) is 0 Å². The molecule has 0 amide bonds. The Bertz CT molecular complexity index is 479. The molecular weight excluding hydrogens is 194 g/mol. The zero-order valence-electron chi connectivity index (χ0n) is 8.96. The topological polar surface area (TPSA) is 25.2 Å². The van der Waals surface area contributed by atoms with Gasteiger partial charge < -0.3 is 9.67 Å². The fourth-order valence-corrected chi connectivity index (χ4v) is 3.18. The van der Waals surface area contributed by atoms with Gasteiger partial charge in [-0.3, -0.25) is 0 Å². The Morgan fingerprint density at radius 3 is 2.64 bits per heavy atom. The maximum Gasteiger partial charge on any atom is 0.0793 e. The lowest BCUT2D eigenvalue weighted by Gasteiger charge is -2.04. The molecule has 76 valence electrons. The third-order valence-electron chi connectivity index (χ3n) is 2.75. The molecular formula is C11H15NOS. The molecule has 0 saturated carbocycles. The molecule has 2 aromatic heterocycles. The Morgan fingerprint density at radius 1 is 1.43 bits per heavy atom. The minimum atomic E-state index is -0.378. The molecule has 1 atom stereocenters. The van der Waals surface area contributed by atoms with Crippen molar-refractivity contribution in [1.29, 1.82) is 0 Å². The van der Waals surface area contributed by atoms with E-state index in [1.54, 1.807) is 11.3 Å². The van der Waals surface area contributed by atoms with Gasteiger partial charge in [-0.1, -0.05) is 0 Å². The predicted molar refractivity (Wildman–Crippen MR) is 60.9 cm³/mol. The molecule has 0 aliphatic rings. The monoisotopic (exact) mass is 209 g/mol. The number of hydrogen-bond donors (Lipinski definition) is 1. The number of thiophene rings is 1. The Labute approximate surface area is 87.8 Å². The van der Waals surface area contributed by atoms with Crippen LogP contribution in [0.2, 0.25) is 0 Å². The van der Waals surface area contributed by atoms with Crippen LogP contribution in [0, 0.1) is 13.8 Å². The first-order valence-corrected chi connectivity index (χ1v) is 5.57. The van der Waals surface area contributed by atoms with Crippen molar-refractivity contribution in [2.24, 2.45) is 7.05 Å². The summed E-state index contributed by atoms with van der Waals surface area (Å²) in [5, 5.41) is 9.72. The molecule has 2 heterocycles. The molecule has 2 nitrogen and oxygen atoms in total. The van der Waals surface area contributed by atoms with Crippen LogP contribution >= 0.6 is 11.3 Å². The highest BCUT2D eigenvalue weighted by atomic mass is 32.1. The molecule has 14 heavy (non-hydrogen) atoms. The van der Waals surface area contributed by atoms with Gasteiger partial charge in [-0.05, 0) is 26.8 Å². The van der Waals surface area contributed by atoms with Gasteiger partial charge in [-0.15, -0.1) is 11.3 Å². The van der Waals surface area contributed by atoms with Crippen LogP contribution in [0.1, 0.15) is 29.2 Å². The Morgan fingerprint density at radius 2 is 2.07 bits per heavy atom. The van der Waals surface area contributed by atoms with Gasteiger partial charge in [0.2, 0.25) is 0 Å². The fraction of sp³-hybridized carbons (Fsp3) is 0.455. The smallest absolute Gasteiger partial charge is 0.0793 e. The van der Waals surface area contributed by atoms with Crippen LogP contribution in [0.25, 0.3) is 10.2 Å². The van der Waals surface area contributed by atoms with Crippen LogP contribution in [0.5, 0.6) is 0 Å². The summed E-state index contributed by atoms with van der Waals surface area (Å²) in [4.78, 5) is 1.30. The molecule has 2 rings (SSSR count). The van der Waals surface area contributed by atoms with E-state index in [0.29, 0.717) is 0 Å². The molecule has 0 saturated heterocycles. The lowest BCUT2D eigenvalue weighted by atomic mass is 10.1. The van der Waals surface area contributed by atoms with E-state index < -0.39 is 0 Å². The fourth-order valence-electron chi connectivity index (χ4n) is 1.96. The number of aliphatic hydroxyl groups excluding tert-OH is 1. The van der Waals surface area contributed by atoms with E-state index in [2.05, 4.69) is 31.5 Å². The maximum atomic E-state index is 9.72. The summed E-state index contributed by atoms with van der Waals surface area (Å²) in [5.74, 6) is 0. The minimum Gasteiger partial charge on any atom is -0.389 e. The molecule has 1 unspecified atom stereocenters. The molecule has 0 spiro atoms. The maximum absolute atomic E-state index is 9.72. The van der Waals surface area contributed by atoms with E-state index in [1.807, 2.05) is 6.92 Å². The Hall–Kier alpha value is -0.800. The van der Waals surface area contributed by atoms with E-state index in [9.17, 15) is 5.11 Å². The van der Waals surface area contributed by atoms with E-state index in [0.717, 1.165) is 5.56 Å². The summed E-state index contributed by atoms with van der Waals surface area (Å²) in [6.07, 6.45) is -0.378. The van der Waals surface area contributed by atoms with Crippen molar-refractivity contribution >= 4 is 21.6 Å². The lowest BCUT2D eigenvalue weighted by Crippen LogP contribution is -1.96. The van der Waals surface area contributed by atoms with Gasteiger partial charge in [-0.25, -0.2) is 0 Å². The van der Waals surface area contributed by atoms with Crippen molar-refractivity contribution in [2.45, 2.75) is 26.9 Å². The van der Waals surface area contributed by atoms with Gasteiger partial charge in [0.05, 0.1) is 16.3 Å². The van der Waals surface area contributed by atoms with Crippen LogP contribution in [0.4, 0.5) is 0 Å². The van der Waals surface area contributed by atoms with Gasteiger partial charge >= 0.3 is 0 Å². The van der Waals surface area contributed by atoms with E-state index in [4.69, 9.17) is 0 Å². The molecule has 2 aromatic rings. The zero-order valence-corrected chi connectivity index (χ0v) is 9.77. The van der Waals surface area contributed by atoms with Crippen LogP contribution < -0.4 is 0 Å². The zero-order chi connectivity index (χ0) is 10.5. The molecule has 3 heteroatoms. The van der Waals surface area contributed by atoms with Crippen molar-refractivity contribution < 1.29 is 5.11 Å². The number of nitrogens with zero attached hydrogens (tertiary/aromatic N) is 1. The normalized spacial score (nSPS) is 13.8. The average molecular weight is 209 g/mol. The largest absolute Gasteiger partial charge is 0.389 e. The highest BCUT2D eigenvalue weighted by molar-refractivity contribution is 7.19. The van der Waals surface area contributed by atoms with Gasteiger partial charge in [0, 0.05) is 23.2 Å². The Kier molecular flexibility index (Phi) is 2.16. The highest BCUT2D eigenvalue weighted by Gasteiger charge is 2.17. The number of fused-ring (bicyclic) bond motifs is 1. The second-order valence-electron chi connectivity index (χ2n) is 3.81. The molecule has 0 fully saturated rings. The SMILES string of the molecule is Cc1cc2c(s1)c(C(C)O)c(C)n2C. The molecule has 0 aliphatic heterocycles. The van der Waals surface area contributed by atoms with Crippen molar-refractivity contribution in [1.82, 2.24) is 4.57 Å².